The number of nitrogens with one attached hydrogen (secondary N) is 3. The highest BCUT2D eigenvalue weighted by Gasteiger charge is 2.20. The third-order valence-electron chi connectivity index (χ3n) is 3.38. The fourth-order valence-electron chi connectivity index (χ4n) is 1.92. The fraction of sp³-hybridized carbons (Fsp3) is 0.579. The number of hydrogen-bond donors (Lipinski definition) is 3. The van der Waals surface area contributed by atoms with Crippen molar-refractivity contribution in [1.29, 1.82) is 0 Å². The van der Waals surface area contributed by atoms with Gasteiger partial charge in [-0.2, -0.15) is 0 Å². The van der Waals surface area contributed by atoms with Crippen LogP contribution in [0.3, 0.4) is 0 Å². The maximum atomic E-state index is 11.8. The van der Waals surface area contributed by atoms with Gasteiger partial charge in [-0.15, -0.1) is 24.0 Å². The molecule has 0 bridgehead atoms. The van der Waals surface area contributed by atoms with E-state index in [0.29, 0.717) is 26.2 Å². The normalized spacial score (nSPS) is 11.3. The van der Waals surface area contributed by atoms with E-state index in [1.165, 1.54) is 5.56 Å². The maximum absolute atomic E-state index is 11.8. The van der Waals surface area contributed by atoms with Crippen LogP contribution in [0.1, 0.15) is 33.3 Å². The van der Waals surface area contributed by atoms with Crippen molar-refractivity contribution < 1.29 is 9.53 Å². The number of nitrogens with zero attached hydrogens (tertiary/aromatic N) is 1. The van der Waals surface area contributed by atoms with Gasteiger partial charge in [-0.05, 0) is 26.0 Å². The Balaban J connectivity index is 0.00000625. The number of halogens is 1. The average molecular weight is 476 g/mol. The maximum Gasteiger partial charge on any atom is 0.225 e. The highest BCUT2D eigenvalue weighted by molar-refractivity contribution is 14.0. The van der Waals surface area contributed by atoms with E-state index < -0.39 is 0 Å². The van der Waals surface area contributed by atoms with Crippen LogP contribution in [0, 0.1) is 12.3 Å². The van der Waals surface area contributed by atoms with Crippen LogP contribution in [0.4, 0.5) is 0 Å². The van der Waals surface area contributed by atoms with Crippen molar-refractivity contribution in [2.75, 3.05) is 32.8 Å². The molecule has 0 aliphatic carbocycles. The van der Waals surface area contributed by atoms with Crippen molar-refractivity contribution in [3.05, 3.63) is 29.8 Å². The second-order valence-electron chi connectivity index (χ2n) is 6.85. The SMILES string of the molecule is CCNC(=NCCNC(=O)C(C)(C)C)NCCOc1ccc(C)cc1.I. The minimum atomic E-state index is -0.375. The largest absolute Gasteiger partial charge is 0.492 e. The van der Waals surface area contributed by atoms with Crippen LogP contribution < -0.4 is 20.7 Å². The van der Waals surface area contributed by atoms with Crippen molar-refractivity contribution in [2.45, 2.75) is 34.6 Å². The molecule has 0 radical (unpaired) electrons. The predicted octanol–water partition coefficient (Wildman–Crippen LogP) is 2.71. The Bertz CT molecular complexity index is 554. The first kappa shape index (κ1) is 24.5. The first-order valence-electron chi connectivity index (χ1n) is 8.83. The van der Waals surface area contributed by atoms with Gasteiger partial charge in [0.15, 0.2) is 5.96 Å². The lowest BCUT2D eigenvalue weighted by atomic mass is 9.96. The summed E-state index contributed by atoms with van der Waals surface area (Å²) in [6.45, 7) is 12.8. The first-order chi connectivity index (χ1) is 11.8. The van der Waals surface area contributed by atoms with Gasteiger partial charge in [0.1, 0.15) is 12.4 Å². The number of rotatable bonds is 8. The predicted molar refractivity (Wildman–Crippen MR) is 119 cm³/mol. The summed E-state index contributed by atoms with van der Waals surface area (Å²) in [5, 5.41) is 9.29. The molecule has 0 aliphatic rings. The Labute approximate surface area is 174 Å². The lowest BCUT2D eigenvalue weighted by Crippen LogP contribution is -2.40. The molecule has 1 aromatic carbocycles. The third-order valence-corrected chi connectivity index (χ3v) is 3.38. The van der Waals surface area contributed by atoms with E-state index >= 15 is 0 Å². The van der Waals surface area contributed by atoms with Crippen LogP contribution in [0.2, 0.25) is 0 Å². The monoisotopic (exact) mass is 476 g/mol. The number of aryl methyl sites for hydroxylation is 1. The highest BCUT2D eigenvalue weighted by atomic mass is 127. The molecule has 1 amide bonds. The standard InChI is InChI=1S/C19H32N4O2.HI/c1-6-20-18(22-12-11-21-17(24)19(3,4)5)23-13-14-25-16-9-7-15(2)8-10-16;/h7-10H,6,11-14H2,1-5H3,(H,21,24)(H2,20,22,23);1H. The Kier molecular flexibility index (Phi) is 12.0. The van der Waals surface area contributed by atoms with Crippen LogP contribution in [0.5, 0.6) is 5.75 Å². The van der Waals surface area contributed by atoms with Gasteiger partial charge in [-0.25, -0.2) is 0 Å². The van der Waals surface area contributed by atoms with E-state index in [1.807, 2.05) is 52.0 Å². The van der Waals surface area contributed by atoms with Crippen molar-refractivity contribution in [3.63, 3.8) is 0 Å². The van der Waals surface area contributed by atoms with Gasteiger partial charge in [0.05, 0.1) is 13.1 Å². The molecule has 148 valence electrons. The third kappa shape index (κ3) is 10.5. The van der Waals surface area contributed by atoms with Gasteiger partial charge in [-0.3, -0.25) is 9.79 Å². The number of benzene rings is 1. The van der Waals surface area contributed by atoms with Crippen LogP contribution in [0.15, 0.2) is 29.3 Å². The van der Waals surface area contributed by atoms with E-state index in [-0.39, 0.29) is 35.3 Å². The van der Waals surface area contributed by atoms with E-state index in [4.69, 9.17) is 4.74 Å². The molecular formula is C19H33IN4O2. The van der Waals surface area contributed by atoms with Crippen LogP contribution in [0.25, 0.3) is 0 Å². The number of carbonyl (C=O) groups is 1. The minimum absolute atomic E-state index is 0. The molecule has 0 heterocycles. The molecule has 0 saturated heterocycles. The Morgan fingerprint density at radius 1 is 1.08 bits per heavy atom. The molecule has 0 atom stereocenters. The van der Waals surface area contributed by atoms with Gasteiger partial charge in [0.25, 0.3) is 0 Å². The number of guanidine groups is 1. The Morgan fingerprint density at radius 2 is 1.73 bits per heavy atom. The summed E-state index contributed by atoms with van der Waals surface area (Å²) < 4.78 is 5.68. The summed E-state index contributed by atoms with van der Waals surface area (Å²) in [5.74, 6) is 1.62. The van der Waals surface area contributed by atoms with Crippen LogP contribution in [-0.2, 0) is 4.79 Å². The lowest BCUT2D eigenvalue weighted by Gasteiger charge is -2.17. The number of amides is 1. The molecule has 0 spiro atoms. The molecule has 0 aromatic heterocycles. The number of ether oxygens (including phenoxy) is 1. The molecule has 26 heavy (non-hydrogen) atoms. The Hall–Kier alpha value is -1.51. The number of aliphatic imine (C=N–C) groups is 1. The molecule has 7 heteroatoms. The molecule has 0 unspecified atom stereocenters. The second kappa shape index (κ2) is 12.8. The Morgan fingerprint density at radius 3 is 2.31 bits per heavy atom. The second-order valence-corrected chi connectivity index (χ2v) is 6.85. The van der Waals surface area contributed by atoms with E-state index in [9.17, 15) is 4.79 Å². The van der Waals surface area contributed by atoms with Crippen molar-refractivity contribution in [1.82, 2.24) is 16.0 Å². The average Bonchev–Trinajstić information content (AvgIpc) is 2.55. The minimum Gasteiger partial charge on any atom is -0.492 e. The molecule has 6 nitrogen and oxygen atoms in total. The molecule has 1 rings (SSSR count). The molecular weight excluding hydrogens is 443 g/mol. The topological polar surface area (TPSA) is 74.8 Å². The van der Waals surface area contributed by atoms with Crippen molar-refractivity contribution in [3.8, 4) is 5.75 Å². The van der Waals surface area contributed by atoms with Gasteiger partial charge < -0.3 is 20.7 Å². The smallest absolute Gasteiger partial charge is 0.225 e. The van der Waals surface area contributed by atoms with E-state index in [2.05, 4.69) is 27.9 Å². The van der Waals surface area contributed by atoms with Gasteiger partial charge >= 0.3 is 0 Å². The zero-order valence-corrected chi connectivity index (χ0v) is 18.8. The van der Waals surface area contributed by atoms with Gasteiger partial charge in [0.2, 0.25) is 5.91 Å². The molecule has 0 aliphatic heterocycles. The van der Waals surface area contributed by atoms with Crippen molar-refractivity contribution in [2.24, 2.45) is 10.4 Å². The number of hydrogen-bond acceptors (Lipinski definition) is 3. The highest BCUT2D eigenvalue weighted by Crippen LogP contribution is 2.12. The summed E-state index contributed by atoms with van der Waals surface area (Å²) in [5.41, 5.74) is 0.838. The zero-order chi connectivity index (χ0) is 18.7. The van der Waals surface area contributed by atoms with Crippen LogP contribution in [-0.4, -0.2) is 44.7 Å². The van der Waals surface area contributed by atoms with Crippen molar-refractivity contribution >= 4 is 35.8 Å². The summed E-state index contributed by atoms with van der Waals surface area (Å²) in [7, 11) is 0. The van der Waals surface area contributed by atoms with Gasteiger partial charge in [-0.1, -0.05) is 38.5 Å². The summed E-state index contributed by atoms with van der Waals surface area (Å²) in [4.78, 5) is 16.2. The van der Waals surface area contributed by atoms with E-state index in [0.717, 1.165) is 18.3 Å². The summed E-state index contributed by atoms with van der Waals surface area (Å²) >= 11 is 0. The summed E-state index contributed by atoms with van der Waals surface area (Å²) in [6, 6.07) is 7.99. The molecule has 0 saturated carbocycles. The first-order valence-corrected chi connectivity index (χ1v) is 8.83. The summed E-state index contributed by atoms with van der Waals surface area (Å²) in [6.07, 6.45) is 0. The zero-order valence-electron chi connectivity index (χ0n) is 16.5. The quantitative estimate of drug-likeness (QED) is 0.234. The van der Waals surface area contributed by atoms with Crippen LogP contribution >= 0.6 is 24.0 Å². The molecule has 0 fully saturated rings. The fourth-order valence-corrected chi connectivity index (χ4v) is 1.92. The molecule has 3 N–H and O–H groups in total. The van der Waals surface area contributed by atoms with Gasteiger partial charge in [0, 0.05) is 18.5 Å². The van der Waals surface area contributed by atoms with E-state index in [1.54, 1.807) is 0 Å². The molecule has 1 aromatic rings. The lowest BCUT2D eigenvalue weighted by molar-refractivity contribution is -0.128. The number of carbonyl (C=O) groups excluding carboxylic acids is 1.